The molecule has 2 N–H and O–H groups in total. The largest absolute Gasteiger partial charge is 0.372 e. The molecule has 3 heterocycles. The van der Waals surface area contributed by atoms with Gasteiger partial charge in [-0.3, -0.25) is 19.6 Å². The van der Waals surface area contributed by atoms with Crippen LogP contribution < -0.4 is 10.2 Å². The van der Waals surface area contributed by atoms with Crippen molar-refractivity contribution in [3.63, 3.8) is 0 Å². The molecule has 0 saturated heterocycles. The smallest absolute Gasteiger partial charge is 0.281 e. The van der Waals surface area contributed by atoms with E-state index in [1.165, 1.54) is 17.2 Å². The number of fused-ring (bicyclic) bond motifs is 1. The molecule has 2 amide bonds. The van der Waals surface area contributed by atoms with Gasteiger partial charge in [-0.05, 0) is 49.8 Å². The minimum Gasteiger partial charge on any atom is -0.372 e. The van der Waals surface area contributed by atoms with Gasteiger partial charge >= 0.3 is 0 Å². The normalized spacial score (nSPS) is 23.0. The highest BCUT2D eigenvalue weighted by molar-refractivity contribution is 6.30. The fourth-order valence-electron chi connectivity index (χ4n) is 5.32. The van der Waals surface area contributed by atoms with Crippen molar-refractivity contribution >= 4 is 29.1 Å². The van der Waals surface area contributed by atoms with Crippen molar-refractivity contribution in [2.24, 2.45) is 5.92 Å². The summed E-state index contributed by atoms with van der Waals surface area (Å²) >= 11 is 5.86. The van der Waals surface area contributed by atoms with E-state index in [4.69, 9.17) is 11.6 Å². The van der Waals surface area contributed by atoms with Gasteiger partial charge in [0.1, 0.15) is 11.5 Å². The quantitative estimate of drug-likeness (QED) is 0.466. The van der Waals surface area contributed by atoms with Crippen LogP contribution in [0.15, 0.2) is 55.0 Å². The van der Waals surface area contributed by atoms with Crippen LogP contribution in [0.4, 0.5) is 18.9 Å². The Labute approximate surface area is 221 Å². The molecule has 0 spiro atoms. The number of hydrogen-bond acceptors (Lipinski definition) is 5. The SMILES string of the molecule is O=C(NC1CCC(CN2C(=O)C(O)(c3cncc(F)c3)c3ccccc32)CC1)c1cc(Cl)cnc1C(F)F. The lowest BCUT2D eigenvalue weighted by atomic mass is 9.85. The van der Waals surface area contributed by atoms with Crippen LogP contribution in [0, 0.1) is 11.7 Å². The van der Waals surface area contributed by atoms with Crippen molar-refractivity contribution in [1.29, 1.82) is 0 Å². The van der Waals surface area contributed by atoms with Crippen molar-refractivity contribution in [2.75, 3.05) is 11.4 Å². The van der Waals surface area contributed by atoms with E-state index in [0.717, 1.165) is 18.5 Å². The number of nitrogens with zero attached hydrogens (tertiary/aromatic N) is 3. The number of carbonyl (C=O) groups is 2. The molecule has 5 rings (SSSR count). The van der Waals surface area contributed by atoms with E-state index in [1.807, 2.05) is 0 Å². The maximum atomic E-state index is 13.9. The summed E-state index contributed by atoms with van der Waals surface area (Å²) in [5.74, 6) is -1.82. The second kappa shape index (κ2) is 10.3. The molecule has 1 aliphatic carbocycles. The summed E-state index contributed by atoms with van der Waals surface area (Å²) in [6, 6.07) is 8.90. The molecule has 0 bridgehead atoms. The Kier molecular flexibility index (Phi) is 7.11. The third-order valence-corrected chi connectivity index (χ3v) is 7.43. The van der Waals surface area contributed by atoms with Gasteiger partial charge in [0.2, 0.25) is 0 Å². The topological polar surface area (TPSA) is 95.4 Å². The predicted molar refractivity (Wildman–Crippen MR) is 133 cm³/mol. The van der Waals surface area contributed by atoms with Crippen molar-refractivity contribution < 1.29 is 27.9 Å². The van der Waals surface area contributed by atoms with Crippen LogP contribution in [0.2, 0.25) is 5.02 Å². The number of aromatic nitrogens is 2. The molecule has 38 heavy (non-hydrogen) atoms. The molecule has 1 unspecified atom stereocenters. The first-order chi connectivity index (χ1) is 18.2. The monoisotopic (exact) mass is 544 g/mol. The van der Waals surface area contributed by atoms with Crippen molar-refractivity contribution in [1.82, 2.24) is 15.3 Å². The number of benzene rings is 1. The molecule has 1 fully saturated rings. The number of pyridine rings is 2. The Bertz CT molecular complexity index is 1380. The molecule has 2 aromatic heterocycles. The average molecular weight is 545 g/mol. The number of hydrogen-bond donors (Lipinski definition) is 2. The van der Waals surface area contributed by atoms with Gasteiger partial charge in [-0.25, -0.2) is 13.2 Å². The lowest BCUT2D eigenvalue weighted by molar-refractivity contribution is -0.132. The third kappa shape index (κ3) is 4.74. The number of halogens is 4. The summed E-state index contributed by atoms with van der Waals surface area (Å²) in [5.41, 5.74) is -1.95. The molecule has 1 saturated carbocycles. The first-order valence-corrected chi connectivity index (χ1v) is 12.6. The molecule has 1 aromatic carbocycles. The predicted octanol–water partition coefficient (Wildman–Crippen LogP) is 4.78. The Hall–Kier alpha value is -3.50. The van der Waals surface area contributed by atoms with E-state index in [2.05, 4.69) is 15.3 Å². The molecule has 1 atom stereocenters. The Balaban J connectivity index is 1.27. The van der Waals surface area contributed by atoms with Crippen molar-refractivity contribution in [2.45, 2.75) is 43.8 Å². The van der Waals surface area contributed by atoms with Gasteiger partial charge in [0.15, 0.2) is 5.60 Å². The van der Waals surface area contributed by atoms with Gasteiger partial charge < -0.3 is 15.3 Å². The number of amides is 2. The number of anilines is 1. The van der Waals surface area contributed by atoms with E-state index in [9.17, 15) is 27.9 Å². The molecular formula is C27H24ClF3N4O3. The van der Waals surface area contributed by atoms with E-state index >= 15 is 0 Å². The number of carbonyl (C=O) groups excluding carboxylic acids is 2. The number of nitrogens with one attached hydrogen (secondary N) is 1. The second-order valence-corrected chi connectivity index (χ2v) is 10.0. The van der Waals surface area contributed by atoms with E-state index in [0.29, 0.717) is 43.5 Å². The van der Waals surface area contributed by atoms with Gasteiger partial charge in [-0.15, -0.1) is 0 Å². The highest BCUT2D eigenvalue weighted by Crippen LogP contribution is 2.45. The molecular weight excluding hydrogens is 521 g/mol. The van der Waals surface area contributed by atoms with Crippen LogP contribution in [0.3, 0.4) is 0 Å². The van der Waals surface area contributed by atoms with Crippen molar-refractivity contribution in [3.8, 4) is 0 Å². The number of rotatable bonds is 6. The Morgan fingerprint density at radius 2 is 1.89 bits per heavy atom. The van der Waals surface area contributed by atoms with Crippen LogP contribution in [0.25, 0.3) is 0 Å². The molecule has 11 heteroatoms. The standard InChI is InChI=1S/C27H24ClF3N4O3/c28-17-10-20(23(24(30)31)33-12-17)25(36)34-19-7-5-15(6-8-19)14-35-22-4-2-1-3-21(22)27(38,26(35)37)16-9-18(29)13-32-11-16/h1-4,9-13,15,19,24,38H,5-8,14H2,(H,34,36). The number of aliphatic hydroxyl groups is 1. The summed E-state index contributed by atoms with van der Waals surface area (Å²) in [6.45, 7) is 0.329. The molecule has 1 aliphatic heterocycles. The summed E-state index contributed by atoms with van der Waals surface area (Å²) in [4.78, 5) is 35.2. The zero-order chi connectivity index (χ0) is 27.0. The average Bonchev–Trinajstić information content (AvgIpc) is 3.12. The third-order valence-electron chi connectivity index (χ3n) is 7.22. The zero-order valence-electron chi connectivity index (χ0n) is 20.1. The number of alkyl halides is 2. The van der Waals surface area contributed by atoms with E-state index in [1.54, 1.807) is 24.3 Å². The zero-order valence-corrected chi connectivity index (χ0v) is 20.8. The lowest BCUT2D eigenvalue weighted by Crippen LogP contribution is -2.44. The summed E-state index contributed by atoms with van der Waals surface area (Å²) in [7, 11) is 0. The lowest BCUT2D eigenvalue weighted by Gasteiger charge is -2.32. The molecule has 0 radical (unpaired) electrons. The molecule has 2 aliphatic rings. The van der Waals surface area contributed by atoms with Gasteiger partial charge in [0, 0.05) is 36.1 Å². The Morgan fingerprint density at radius 3 is 2.61 bits per heavy atom. The van der Waals surface area contributed by atoms with E-state index < -0.39 is 35.4 Å². The first-order valence-electron chi connectivity index (χ1n) is 12.2. The molecule has 7 nitrogen and oxygen atoms in total. The first kappa shape index (κ1) is 26.1. The maximum Gasteiger partial charge on any atom is 0.281 e. The van der Waals surface area contributed by atoms with Crippen molar-refractivity contribution in [3.05, 3.63) is 88.2 Å². The van der Waals surface area contributed by atoms with E-state index in [-0.39, 0.29) is 28.1 Å². The summed E-state index contributed by atoms with van der Waals surface area (Å²) < 4.78 is 40.5. The van der Waals surface area contributed by atoms with Crippen LogP contribution in [0.1, 0.15) is 59.3 Å². The Morgan fingerprint density at radius 1 is 1.16 bits per heavy atom. The number of para-hydroxylation sites is 1. The van der Waals surface area contributed by atoms with Gasteiger partial charge in [0.25, 0.3) is 18.2 Å². The van der Waals surface area contributed by atoms with Gasteiger partial charge in [-0.1, -0.05) is 29.8 Å². The minimum absolute atomic E-state index is 0.0579. The fraction of sp³-hybridized carbons (Fsp3) is 0.333. The highest BCUT2D eigenvalue weighted by Gasteiger charge is 2.51. The minimum atomic E-state index is -2.91. The van der Waals surface area contributed by atoms with Crippen LogP contribution in [-0.4, -0.2) is 39.5 Å². The van der Waals surface area contributed by atoms with Crippen LogP contribution >= 0.6 is 11.6 Å². The fourth-order valence-corrected chi connectivity index (χ4v) is 5.48. The maximum absolute atomic E-state index is 13.9. The molecule has 3 aromatic rings. The van der Waals surface area contributed by atoms with Gasteiger partial charge in [-0.2, -0.15) is 0 Å². The second-order valence-electron chi connectivity index (χ2n) is 9.61. The summed E-state index contributed by atoms with van der Waals surface area (Å²) in [5, 5.41) is 14.4. The highest BCUT2D eigenvalue weighted by atomic mass is 35.5. The van der Waals surface area contributed by atoms with Crippen LogP contribution in [-0.2, 0) is 10.4 Å². The summed E-state index contributed by atoms with van der Waals surface area (Å²) in [6.07, 6.45) is 2.93. The molecule has 198 valence electrons. The van der Waals surface area contributed by atoms with Gasteiger partial charge in [0.05, 0.1) is 22.5 Å². The van der Waals surface area contributed by atoms with Crippen LogP contribution in [0.5, 0.6) is 0 Å².